The van der Waals surface area contributed by atoms with Gasteiger partial charge in [0.05, 0.1) is 12.7 Å². The van der Waals surface area contributed by atoms with E-state index in [0.717, 1.165) is 0 Å². The minimum Gasteiger partial charge on any atom is -0.465 e. The highest BCUT2D eigenvalue weighted by Crippen LogP contribution is 2.20. The van der Waals surface area contributed by atoms with Crippen LogP contribution in [0.1, 0.15) is 33.2 Å². The predicted octanol–water partition coefficient (Wildman–Crippen LogP) is 4.22. The summed E-state index contributed by atoms with van der Waals surface area (Å²) >= 11 is 5.67. The second-order valence-corrected chi connectivity index (χ2v) is 4.83. The van der Waals surface area contributed by atoms with E-state index in [1.807, 2.05) is 0 Å². The van der Waals surface area contributed by atoms with Crippen molar-refractivity contribution in [1.29, 1.82) is 0 Å². The molecular weight excluding hydrogens is 288 g/mol. The molecule has 0 fully saturated rings. The summed E-state index contributed by atoms with van der Waals surface area (Å²) in [7, 11) is 1.29. The van der Waals surface area contributed by atoms with Crippen LogP contribution in [0.2, 0.25) is 0 Å². The van der Waals surface area contributed by atoms with Gasteiger partial charge in [0.25, 0.3) is 0 Å². The van der Waals surface area contributed by atoms with Crippen molar-refractivity contribution in [2.75, 3.05) is 7.11 Å². The van der Waals surface area contributed by atoms with Crippen molar-refractivity contribution in [2.24, 2.45) is 0 Å². The maximum absolute atomic E-state index is 12.6. The predicted molar refractivity (Wildman–Crippen MR) is 84.7 cm³/mol. The van der Waals surface area contributed by atoms with Gasteiger partial charge in [-0.2, -0.15) is 0 Å². The van der Waals surface area contributed by atoms with Gasteiger partial charge in [0.2, 0.25) is 0 Å². The van der Waals surface area contributed by atoms with Gasteiger partial charge in [-0.3, -0.25) is 4.79 Å². The van der Waals surface area contributed by atoms with Gasteiger partial charge >= 0.3 is 5.97 Å². The SMILES string of the molecule is C=C(Cl)/C=C\C(=C/C)C(=O)c1cccc(C)c1C(=O)OC. The van der Waals surface area contributed by atoms with Crippen LogP contribution in [0.5, 0.6) is 0 Å². The molecule has 1 aromatic rings. The first-order chi connectivity index (χ1) is 9.92. The number of Topliss-reactive ketones (excluding diaryl/α,β-unsaturated/α-hetero) is 1. The molecule has 0 unspecified atom stereocenters. The minimum absolute atomic E-state index is 0.268. The number of hydrogen-bond acceptors (Lipinski definition) is 3. The van der Waals surface area contributed by atoms with Gasteiger partial charge in [-0.25, -0.2) is 4.79 Å². The molecule has 0 bridgehead atoms. The molecule has 0 aliphatic heterocycles. The number of halogens is 1. The third-order valence-corrected chi connectivity index (χ3v) is 3.05. The Labute approximate surface area is 129 Å². The fourth-order valence-electron chi connectivity index (χ4n) is 1.87. The third-order valence-electron chi connectivity index (χ3n) is 2.92. The van der Waals surface area contributed by atoms with E-state index >= 15 is 0 Å². The van der Waals surface area contributed by atoms with Gasteiger partial charge in [0.15, 0.2) is 5.78 Å². The van der Waals surface area contributed by atoms with E-state index in [9.17, 15) is 9.59 Å². The molecule has 4 heteroatoms. The molecule has 0 amide bonds. The molecule has 0 N–H and O–H groups in total. The van der Waals surface area contributed by atoms with Gasteiger partial charge < -0.3 is 4.74 Å². The Hall–Kier alpha value is -2.13. The minimum atomic E-state index is -0.530. The first-order valence-corrected chi connectivity index (χ1v) is 6.71. The van der Waals surface area contributed by atoms with Gasteiger partial charge in [0, 0.05) is 16.2 Å². The van der Waals surface area contributed by atoms with Crippen molar-refractivity contribution in [3.8, 4) is 0 Å². The van der Waals surface area contributed by atoms with Crippen molar-refractivity contribution in [2.45, 2.75) is 13.8 Å². The highest BCUT2D eigenvalue weighted by Gasteiger charge is 2.20. The average Bonchev–Trinajstić information content (AvgIpc) is 2.46. The van der Waals surface area contributed by atoms with Crippen molar-refractivity contribution < 1.29 is 14.3 Å². The number of carbonyl (C=O) groups is 2. The molecular formula is C17H17ClO3. The summed E-state index contributed by atoms with van der Waals surface area (Å²) in [6.45, 7) is 7.03. The number of benzene rings is 1. The fraction of sp³-hybridized carbons (Fsp3) is 0.176. The van der Waals surface area contributed by atoms with Crippen LogP contribution in [-0.4, -0.2) is 18.9 Å². The molecule has 0 saturated heterocycles. The van der Waals surface area contributed by atoms with Crippen LogP contribution >= 0.6 is 11.6 Å². The molecule has 3 nitrogen and oxygen atoms in total. The first kappa shape index (κ1) is 16.9. The van der Waals surface area contributed by atoms with Crippen molar-refractivity contribution >= 4 is 23.4 Å². The zero-order valence-electron chi connectivity index (χ0n) is 12.3. The number of esters is 1. The van der Waals surface area contributed by atoms with Crippen LogP contribution in [0.25, 0.3) is 0 Å². The second kappa shape index (κ2) is 7.60. The van der Waals surface area contributed by atoms with Gasteiger partial charge in [-0.1, -0.05) is 42.5 Å². The average molecular weight is 305 g/mol. The van der Waals surface area contributed by atoms with Gasteiger partial charge in [-0.05, 0) is 31.6 Å². The summed E-state index contributed by atoms with van der Waals surface area (Å²) in [5.41, 5.74) is 1.70. The van der Waals surface area contributed by atoms with E-state index in [1.165, 1.54) is 13.2 Å². The van der Waals surface area contributed by atoms with E-state index < -0.39 is 5.97 Å². The highest BCUT2D eigenvalue weighted by atomic mass is 35.5. The molecule has 0 saturated carbocycles. The lowest BCUT2D eigenvalue weighted by molar-refractivity contribution is 0.0596. The Morgan fingerprint density at radius 2 is 1.95 bits per heavy atom. The highest BCUT2D eigenvalue weighted by molar-refractivity contribution is 6.31. The molecule has 0 heterocycles. The zero-order chi connectivity index (χ0) is 16.0. The van der Waals surface area contributed by atoms with Crippen LogP contribution in [0.15, 0.2) is 53.6 Å². The number of rotatable bonds is 5. The molecule has 0 aliphatic rings. The molecule has 0 aliphatic carbocycles. The van der Waals surface area contributed by atoms with E-state index in [0.29, 0.717) is 21.7 Å². The molecule has 0 spiro atoms. The Morgan fingerprint density at radius 3 is 2.48 bits per heavy atom. The lowest BCUT2D eigenvalue weighted by atomic mass is 9.94. The monoisotopic (exact) mass is 304 g/mol. The number of ketones is 1. The quantitative estimate of drug-likeness (QED) is 0.354. The molecule has 110 valence electrons. The number of allylic oxidation sites excluding steroid dienone is 5. The van der Waals surface area contributed by atoms with Crippen molar-refractivity contribution in [1.82, 2.24) is 0 Å². The number of hydrogen-bond donors (Lipinski definition) is 0. The number of carbonyl (C=O) groups excluding carboxylic acids is 2. The molecule has 0 radical (unpaired) electrons. The summed E-state index contributed by atoms with van der Waals surface area (Å²) in [6, 6.07) is 5.09. The first-order valence-electron chi connectivity index (χ1n) is 6.33. The van der Waals surface area contributed by atoms with Crippen LogP contribution < -0.4 is 0 Å². The smallest absolute Gasteiger partial charge is 0.338 e. The molecule has 0 atom stereocenters. The number of aryl methyl sites for hydroxylation is 1. The summed E-state index contributed by atoms with van der Waals surface area (Å²) < 4.78 is 4.76. The molecule has 1 rings (SSSR count). The number of ether oxygens (including phenoxy) is 1. The summed E-state index contributed by atoms with van der Waals surface area (Å²) in [6.07, 6.45) is 4.76. The standard InChI is InChI=1S/C17H17ClO3/c1-5-13(10-9-12(3)18)16(19)14-8-6-7-11(2)15(14)17(20)21-4/h5-10H,3H2,1-2,4H3/b10-9-,13-5+. The fourth-order valence-corrected chi connectivity index (χ4v) is 1.93. The van der Waals surface area contributed by atoms with Gasteiger partial charge in [0.1, 0.15) is 0 Å². The summed E-state index contributed by atoms with van der Waals surface area (Å²) in [4.78, 5) is 24.5. The lowest BCUT2D eigenvalue weighted by Crippen LogP contribution is -2.13. The largest absolute Gasteiger partial charge is 0.465 e. The van der Waals surface area contributed by atoms with Gasteiger partial charge in [-0.15, -0.1) is 0 Å². The van der Waals surface area contributed by atoms with E-state index in [2.05, 4.69) is 6.58 Å². The maximum atomic E-state index is 12.6. The van der Waals surface area contributed by atoms with Crippen molar-refractivity contribution in [3.05, 3.63) is 70.3 Å². The summed E-state index contributed by atoms with van der Waals surface area (Å²) in [5, 5.41) is 0.319. The van der Waals surface area contributed by atoms with E-state index in [-0.39, 0.29) is 11.3 Å². The number of methoxy groups -OCH3 is 1. The van der Waals surface area contributed by atoms with Crippen LogP contribution in [-0.2, 0) is 4.74 Å². The van der Waals surface area contributed by atoms with Crippen LogP contribution in [0, 0.1) is 6.92 Å². The Balaban J connectivity index is 3.33. The lowest BCUT2D eigenvalue weighted by Gasteiger charge is -2.10. The normalized spacial score (nSPS) is 11.5. The Kier molecular flexibility index (Phi) is 6.12. The van der Waals surface area contributed by atoms with E-state index in [1.54, 1.807) is 44.2 Å². The topological polar surface area (TPSA) is 43.4 Å². The molecule has 1 aromatic carbocycles. The third kappa shape index (κ3) is 4.17. The maximum Gasteiger partial charge on any atom is 0.338 e. The zero-order valence-corrected chi connectivity index (χ0v) is 13.0. The van der Waals surface area contributed by atoms with E-state index in [4.69, 9.17) is 16.3 Å². The Bertz CT molecular complexity index is 639. The second-order valence-electron chi connectivity index (χ2n) is 4.34. The van der Waals surface area contributed by atoms with Crippen LogP contribution in [0.3, 0.4) is 0 Å². The Morgan fingerprint density at radius 1 is 1.29 bits per heavy atom. The molecule has 0 aromatic heterocycles. The molecule has 21 heavy (non-hydrogen) atoms. The summed E-state index contributed by atoms with van der Waals surface area (Å²) in [5.74, 6) is -0.798. The van der Waals surface area contributed by atoms with Crippen LogP contribution in [0.4, 0.5) is 0 Å². The van der Waals surface area contributed by atoms with Crippen molar-refractivity contribution in [3.63, 3.8) is 0 Å².